The molecule has 1 aliphatic rings. The second kappa shape index (κ2) is 5.20. The molecule has 0 radical (unpaired) electrons. The normalized spacial score (nSPS) is 20.6. The average molecular weight is 255 g/mol. The Balaban J connectivity index is 2.44. The summed E-state index contributed by atoms with van der Waals surface area (Å²) in [5.74, 6) is -0.170. The third-order valence-corrected chi connectivity index (χ3v) is 3.87. The van der Waals surface area contributed by atoms with Gasteiger partial charge in [0.2, 0.25) is 0 Å². The van der Waals surface area contributed by atoms with Crippen molar-refractivity contribution in [3.63, 3.8) is 0 Å². The largest absolute Gasteiger partial charge is 0.481 e. The number of carboxylic acid groups (broad SMARTS) is 1. The van der Waals surface area contributed by atoms with Crippen molar-refractivity contribution < 1.29 is 9.90 Å². The monoisotopic (exact) mass is 255 g/mol. The van der Waals surface area contributed by atoms with Crippen LogP contribution >= 0.6 is 0 Å². The van der Waals surface area contributed by atoms with E-state index in [0.717, 1.165) is 19.5 Å². The van der Waals surface area contributed by atoms with E-state index >= 15 is 0 Å². The highest BCUT2D eigenvalue weighted by Crippen LogP contribution is 2.35. The molecule has 0 aliphatic carbocycles. The van der Waals surface area contributed by atoms with Crippen LogP contribution in [0.15, 0.2) is 0 Å². The van der Waals surface area contributed by atoms with Crippen LogP contribution in [0.25, 0.3) is 0 Å². The molecule has 0 aromatic rings. The summed E-state index contributed by atoms with van der Waals surface area (Å²) in [7, 11) is 0. The number of carboxylic acids is 1. The Kier molecular flexibility index (Phi) is 4.47. The Morgan fingerprint density at radius 2 is 1.72 bits per heavy atom. The zero-order valence-corrected chi connectivity index (χ0v) is 12.8. The van der Waals surface area contributed by atoms with E-state index in [1.165, 1.54) is 0 Å². The molecule has 0 bridgehead atoms. The molecular weight excluding hydrogens is 226 g/mol. The molecule has 106 valence electrons. The first-order valence-corrected chi connectivity index (χ1v) is 6.94. The zero-order valence-electron chi connectivity index (χ0n) is 12.8. The molecule has 1 heterocycles. The summed E-state index contributed by atoms with van der Waals surface area (Å²) in [6.07, 6.45) is 0.749. The lowest BCUT2D eigenvalue weighted by Gasteiger charge is -2.47. The fourth-order valence-corrected chi connectivity index (χ4v) is 2.55. The SMILES string of the molecule is CC(C)(C)CC(CN1CC(C(C)(C)C)C1)C(=O)O. The quantitative estimate of drug-likeness (QED) is 0.839. The third-order valence-electron chi connectivity index (χ3n) is 3.87. The van der Waals surface area contributed by atoms with E-state index in [0.29, 0.717) is 17.9 Å². The van der Waals surface area contributed by atoms with Gasteiger partial charge in [-0.2, -0.15) is 0 Å². The number of likely N-dealkylation sites (tertiary alicyclic amines) is 1. The molecule has 0 saturated carbocycles. The second-order valence-corrected chi connectivity index (χ2v) is 8.08. The zero-order chi connectivity index (χ0) is 14.1. The minimum Gasteiger partial charge on any atom is -0.481 e. The van der Waals surface area contributed by atoms with Gasteiger partial charge >= 0.3 is 5.97 Å². The minimum atomic E-state index is -0.649. The molecule has 1 N–H and O–H groups in total. The van der Waals surface area contributed by atoms with Gasteiger partial charge in [-0.05, 0) is 23.2 Å². The fourth-order valence-electron chi connectivity index (χ4n) is 2.55. The number of rotatable bonds is 4. The van der Waals surface area contributed by atoms with Crippen molar-refractivity contribution in [3.8, 4) is 0 Å². The van der Waals surface area contributed by atoms with E-state index < -0.39 is 5.97 Å². The van der Waals surface area contributed by atoms with Crippen LogP contribution in [-0.4, -0.2) is 35.6 Å². The summed E-state index contributed by atoms with van der Waals surface area (Å²) in [4.78, 5) is 13.6. The lowest BCUT2D eigenvalue weighted by atomic mass is 9.75. The molecule has 1 unspecified atom stereocenters. The lowest BCUT2D eigenvalue weighted by Crippen LogP contribution is -2.54. The maximum absolute atomic E-state index is 11.3. The first kappa shape index (κ1) is 15.5. The van der Waals surface area contributed by atoms with Gasteiger partial charge in [-0.1, -0.05) is 41.5 Å². The summed E-state index contributed by atoms with van der Waals surface area (Å²) >= 11 is 0. The van der Waals surface area contributed by atoms with E-state index in [2.05, 4.69) is 46.4 Å². The summed E-state index contributed by atoms with van der Waals surface area (Å²) in [5.41, 5.74) is 0.427. The highest BCUT2D eigenvalue weighted by atomic mass is 16.4. The van der Waals surface area contributed by atoms with Crippen LogP contribution in [0.2, 0.25) is 0 Å². The number of hydrogen-bond donors (Lipinski definition) is 1. The molecule has 1 saturated heterocycles. The average Bonchev–Trinajstić information content (AvgIpc) is 2.03. The Morgan fingerprint density at radius 1 is 1.22 bits per heavy atom. The molecule has 18 heavy (non-hydrogen) atoms. The standard InChI is InChI=1S/C15H29NO2/c1-14(2,3)7-11(13(17)18)8-16-9-12(10-16)15(4,5)6/h11-12H,7-10H2,1-6H3,(H,17,18). The van der Waals surface area contributed by atoms with Crippen molar-refractivity contribution >= 4 is 5.97 Å². The Morgan fingerprint density at radius 3 is 2.06 bits per heavy atom. The molecule has 0 spiro atoms. The summed E-state index contributed by atoms with van der Waals surface area (Å²) in [6.45, 7) is 15.9. The van der Waals surface area contributed by atoms with Gasteiger partial charge in [-0.15, -0.1) is 0 Å². The van der Waals surface area contributed by atoms with Crippen molar-refractivity contribution in [1.29, 1.82) is 0 Å². The predicted octanol–water partition coefficient (Wildman–Crippen LogP) is 3.10. The van der Waals surface area contributed by atoms with Gasteiger partial charge < -0.3 is 10.0 Å². The molecule has 0 aromatic heterocycles. The number of hydrogen-bond acceptors (Lipinski definition) is 2. The van der Waals surface area contributed by atoms with Crippen molar-refractivity contribution in [3.05, 3.63) is 0 Å². The van der Waals surface area contributed by atoms with Crippen molar-refractivity contribution in [2.45, 2.75) is 48.0 Å². The number of carbonyl (C=O) groups is 1. The highest BCUT2D eigenvalue weighted by molar-refractivity contribution is 5.70. The van der Waals surface area contributed by atoms with Crippen LogP contribution < -0.4 is 0 Å². The topological polar surface area (TPSA) is 40.5 Å². The Labute approximate surface area is 112 Å². The molecule has 0 aromatic carbocycles. The highest BCUT2D eigenvalue weighted by Gasteiger charge is 2.37. The maximum atomic E-state index is 11.3. The number of aliphatic carboxylic acids is 1. The van der Waals surface area contributed by atoms with Crippen molar-refractivity contribution in [2.75, 3.05) is 19.6 Å². The van der Waals surface area contributed by atoms with Crippen molar-refractivity contribution in [1.82, 2.24) is 4.90 Å². The van der Waals surface area contributed by atoms with Gasteiger partial charge in [0, 0.05) is 19.6 Å². The van der Waals surface area contributed by atoms with Gasteiger partial charge in [0.05, 0.1) is 5.92 Å². The molecule has 3 heteroatoms. The molecule has 0 amide bonds. The minimum absolute atomic E-state index is 0.0807. The first-order chi connectivity index (χ1) is 7.99. The Hall–Kier alpha value is -0.570. The molecule has 1 aliphatic heterocycles. The van der Waals surface area contributed by atoms with E-state index in [-0.39, 0.29) is 11.3 Å². The van der Waals surface area contributed by atoms with E-state index in [9.17, 15) is 9.90 Å². The summed E-state index contributed by atoms with van der Waals surface area (Å²) in [6, 6.07) is 0. The van der Waals surface area contributed by atoms with Crippen LogP contribution in [0, 0.1) is 22.7 Å². The second-order valence-electron chi connectivity index (χ2n) is 8.08. The van der Waals surface area contributed by atoms with E-state index in [1.54, 1.807) is 0 Å². The molecule has 1 rings (SSSR count). The summed E-state index contributed by atoms with van der Waals surface area (Å²) in [5, 5.41) is 9.30. The van der Waals surface area contributed by atoms with Crippen LogP contribution in [0.4, 0.5) is 0 Å². The lowest BCUT2D eigenvalue weighted by molar-refractivity contribution is -0.144. The number of nitrogens with zero attached hydrogens (tertiary/aromatic N) is 1. The molecule has 1 fully saturated rings. The van der Waals surface area contributed by atoms with E-state index in [4.69, 9.17) is 0 Å². The Bertz CT molecular complexity index is 293. The van der Waals surface area contributed by atoms with Crippen LogP contribution in [0.1, 0.15) is 48.0 Å². The first-order valence-electron chi connectivity index (χ1n) is 6.94. The van der Waals surface area contributed by atoms with Crippen LogP contribution in [0.5, 0.6) is 0 Å². The molecule has 3 nitrogen and oxygen atoms in total. The van der Waals surface area contributed by atoms with Gasteiger partial charge in [-0.25, -0.2) is 0 Å². The van der Waals surface area contributed by atoms with Crippen LogP contribution in [-0.2, 0) is 4.79 Å². The maximum Gasteiger partial charge on any atom is 0.307 e. The van der Waals surface area contributed by atoms with E-state index in [1.807, 2.05) is 0 Å². The van der Waals surface area contributed by atoms with Gasteiger partial charge in [0.15, 0.2) is 0 Å². The molecular formula is C15H29NO2. The smallest absolute Gasteiger partial charge is 0.307 e. The van der Waals surface area contributed by atoms with Gasteiger partial charge in [0.25, 0.3) is 0 Å². The third kappa shape index (κ3) is 4.60. The van der Waals surface area contributed by atoms with Crippen molar-refractivity contribution in [2.24, 2.45) is 22.7 Å². The van der Waals surface area contributed by atoms with Crippen LogP contribution in [0.3, 0.4) is 0 Å². The van der Waals surface area contributed by atoms with Gasteiger partial charge in [-0.3, -0.25) is 4.79 Å². The predicted molar refractivity (Wildman–Crippen MR) is 74.6 cm³/mol. The fraction of sp³-hybridized carbons (Fsp3) is 0.933. The summed E-state index contributed by atoms with van der Waals surface area (Å²) < 4.78 is 0. The molecule has 1 atom stereocenters. The van der Waals surface area contributed by atoms with Gasteiger partial charge in [0.1, 0.15) is 0 Å².